The normalized spacial score (nSPS) is 17.6. The van der Waals surface area contributed by atoms with Gasteiger partial charge in [-0.05, 0) is 12.8 Å². The molecule has 104 valence electrons. The predicted octanol–water partition coefficient (Wildman–Crippen LogP) is 1.70. The molecule has 0 saturated heterocycles. The molecule has 1 saturated carbocycles. The summed E-state index contributed by atoms with van der Waals surface area (Å²) >= 11 is 0. The highest BCUT2D eigenvalue weighted by molar-refractivity contribution is 5.82. The number of aromatic nitrogens is 2. The minimum absolute atomic E-state index is 0.0822. The van der Waals surface area contributed by atoms with Gasteiger partial charge in [-0.15, -0.1) is 0 Å². The summed E-state index contributed by atoms with van der Waals surface area (Å²) in [6, 6.07) is 1.31. The van der Waals surface area contributed by atoms with Gasteiger partial charge < -0.3 is 15.4 Å². The SMILES string of the molecule is CC(C)c1nc(NC2(C(=O)O)CCCC2)cc(=O)[nH]1. The third-order valence-corrected chi connectivity index (χ3v) is 3.54. The highest BCUT2D eigenvalue weighted by atomic mass is 16.4. The molecule has 0 unspecified atom stereocenters. The Bertz CT molecular complexity index is 530. The summed E-state index contributed by atoms with van der Waals surface area (Å²) < 4.78 is 0. The van der Waals surface area contributed by atoms with E-state index in [-0.39, 0.29) is 11.5 Å². The molecule has 6 nitrogen and oxygen atoms in total. The summed E-state index contributed by atoms with van der Waals surface area (Å²) in [5, 5.41) is 12.4. The maximum absolute atomic E-state index is 11.6. The van der Waals surface area contributed by atoms with Crippen LogP contribution in [-0.2, 0) is 4.79 Å². The van der Waals surface area contributed by atoms with E-state index in [2.05, 4.69) is 15.3 Å². The van der Waals surface area contributed by atoms with Crippen LogP contribution in [-0.4, -0.2) is 26.6 Å². The molecule has 0 aliphatic heterocycles. The quantitative estimate of drug-likeness (QED) is 0.770. The number of nitrogens with one attached hydrogen (secondary N) is 2. The largest absolute Gasteiger partial charge is 0.480 e. The Morgan fingerprint density at radius 3 is 2.63 bits per heavy atom. The number of hydrogen-bond donors (Lipinski definition) is 3. The van der Waals surface area contributed by atoms with Crippen LogP contribution >= 0.6 is 0 Å². The van der Waals surface area contributed by atoms with Crippen LogP contribution in [0.4, 0.5) is 5.82 Å². The van der Waals surface area contributed by atoms with E-state index in [1.165, 1.54) is 6.07 Å². The number of nitrogens with zero attached hydrogens (tertiary/aromatic N) is 1. The molecule has 0 bridgehead atoms. The minimum Gasteiger partial charge on any atom is -0.480 e. The van der Waals surface area contributed by atoms with Gasteiger partial charge in [-0.2, -0.15) is 0 Å². The average molecular weight is 265 g/mol. The van der Waals surface area contributed by atoms with Gasteiger partial charge in [-0.1, -0.05) is 26.7 Å². The Morgan fingerprint density at radius 2 is 2.11 bits per heavy atom. The second-order valence-electron chi connectivity index (χ2n) is 5.39. The van der Waals surface area contributed by atoms with Crippen LogP contribution in [0.5, 0.6) is 0 Å². The topological polar surface area (TPSA) is 95.1 Å². The molecular formula is C13H19N3O3. The summed E-state index contributed by atoms with van der Waals surface area (Å²) in [4.78, 5) is 30.0. The van der Waals surface area contributed by atoms with E-state index in [0.717, 1.165) is 12.8 Å². The van der Waals surface area contributed by atoms with Gasteiger partial charge >= 0.3 is 5.97 Å². The first-order valence-corrected chi connectivity index (χ1v) is 6.56. The standard InChI is InChI=1S/C13H19N3O3/c1-8(2)11-14-9(7-10(17)15-11)16-13(12(18)19)5-3-4-6-13/h7-8H,3-6H2,1-2H3,(H,18,19)(H2,14,15,16,17). The van der Waals surface area contributed by atoms with Gasteiger partial charge in [0.05, 0.1) is 0 Å². The molecular weight excluding hydrogens is 246 g/mol. The van der Waals surface area contributed by atoms with Gasteiger partial charge in [0.2, 0.25) is 0 Å². The first-order chi connectivity index (χ1) is 8.93. The van der Waals surface area contributed by atoms with Crippen molar-refractivity contribution < 1.29 is 9.90 Å². The van der Waals surface area contributed by atoms with Crippen molar-refractivity contribution in [1.82, 2.24) is 9.97 Å². The van der Waals surface area contributed by atoms with E-state index < -0.39 is 11.5 Å². The molecule has 0 spiro atoms. The second-order valence-corrected chi connectivity index (χ2v) is 5.39. The maximum atomic E-state index is 11.6. The van der Waals surface area contributed by atoms with Crippen LogP contribution in [0.2, 0.25) is 0 Å². The van der Waals surface area contributed by atoms with E-state index in [1.807, 2.05) is 13.8 Å². The van der Waals surface area contributed by atoms with Crippen molar-refractivity contribution in [2.75, 3.05) is 5.32 Å². The number of aliphatic carboxylic acids is 1. The molecule has 1 heterocycles. The lowest BCUT2D eigenvalue weighted by molar-refractivity contribution is -0.142. The summed E-state index contributed by atoms with van der Waals surface area (Å²) in [6.45, 7) is 3.84. The Balaban J connectivity index is 2.32. The van der Waals surface area contributed by atoms with Crippen LogP contribution < -0.4 is 10.9 Å². The zero-order chi connectivity index (χ0) is 14.0. The van der Waals surface area contributed by atoms with Crippen molar-refractivity contribution in [2.45, 2.75) is 51.0 Å². The summed E-state index contributed by atoms with van der Waals surface area (Å²) in [7, 11) is 0. The van der Waals surface area contributed by atoms with Crippen molar-refractivity contribution in [2.24, 2.45) is 0 Å². The first kappa shape index (κ1) is 13.6. The molecule has 2 rings (SSSR count). The Labute approximate surface area is 111 Å². The lowest BCUT2D eigenvalue weighted by Crippen LogP contribution is -2.44. The van der Waals surface area contributed by atoms with E-state index in [1.54, 1.807) is 0 Å². The monoisotopic (exact) mass is 265 g/mol. The molecule has 0 amide bonds. The summed E-state index contributed by atoms with van der Waals surface area (Å²) in [5.41, 5.74) is -1.24. The van der Waals surface area contributed by atoms with E-state index in [4.69, 9.17) is 0 Å². The number of carboxylic acids is 1. The zero-order valence-corrected chi connectivity index (χ0v) is 11.2. The Morgan fingerprint density at radius 1 is 1.47 bits per heavy atom. The molecule has 1 aliphatic carbocycles. The van der Waals surface area contributed by atoms with Crippen LogP contribution in [0.25, 0.3) is 0 Å². The van der Waals surface area contributed by atoms with E-state index in [9.17, 15) is 14.7 Å². The Hall–Kier alpha value is -1.85. The number of anilines is 1. The van der Waals surface area contributed by atoms with Crippen molar-refractivity contribution in [3.8, 4) is 0 Å². The number of carboxylic acid groups (broad SMARTS) is 1. The highest BCUT2D eigenvalue weighted by Gasteiger charge is 2.41. The number of aromatic amines is 1. The molecule has 0 atom stereocenters. The highest BCUT2D eigenvalue weighted by Crippen LogP contribution is 2.32. The van der Waals surface area contributed by atoms with Crippen molar-refractivity contribution in [1.29, 1.82) is 0 Å². The third-order valence-electron chi connectivity index (χ3n) is 3.54. The smallest absolute Gasteiger partial charge is 0.329 e. The Kier molecular flexibility index (Phi) is 3.59. The summed E-state index contributed by atoms with van der Waals surface area (Å²) in [6.07, 6.45) is 2.88. The van der Waals surface area contributed by atoms with Crippen LogP contribution in [0, 0.1) is 0 Å². The molecule has 1 fully saturated rings. The fraction of sp³-hybridized carbons (Fsp3) is 0.615. The number of hydrogen-bond acceptors (Lipinski definition) is 4. The van der Waals surface area contributed by atoms with Gasteiger partial charge in [-0.25, -0.2) is 9.78 Å². The van der Waals surface area contributed by atoms with Crippen LogP contribution in [0.3, 0.4) is 0 Å². The molecule has 19 heavy (non-hydrogen) atoms. The van der Waals surface area contributed by atoms with Gasteiger partial charge in [0.15, 0.2) is 0 Å². The van der Waals surface area contributed by atoms with Crippen LogP contribution in [0.15, 0.2) is 10.9 Å². The fourth-order valence-corrected chi connectivity index (χ4v) is 2.43. The van der Waals surface area contributed by atoms with Crippen LogP contribution in [0.1, 0.15) is 51.3 Å². The van der Waals surface area contributed by atoms with Gasteiger partial charge in [0, 0.05) is 12.0 Å². The van der Waals surface area contributed by atoms with E-state index in [0.29, 0.717) is 24.5 Å². The molecule has 3 N–H and O–H groups in total. The minimum atomic E-state index is -0.977. The molecule has 1 aromatic rings. The lowest BCUT2D eigenvalue weighted by atomic mass is 9.98. The maximum Gasteiger partial charge on any atom is 0.329 e. The predicted molar refractivity (Wildman–Crippen MR) is 71.4 cm³/mol. The van der Waals surface area contributed by atoms with Gasteiger partial charge in [-0.3, -0.25) is 4.79 Å². The molecule has 0 aromatic carbocycles. The average Bonchev–Trinajstić information content (AvgIpc) is 2.78. The summed E-state index contributed by atoms with van der Waals surface area (Å²) in [5.74, 6) is 0.113. The van der Waals surface area contributed by atoms with Crippen molar-refractivity contribution >= 4 is 11.8 Å². The fourth-order valence-electron chi connectivity index (χ4n) is 2.43. The van der Waals surface area contributed by atoms with Crippen molar-refractivity contribution in [3.05, 3.63) is 22.2 Å². The second kappa shape index (κ2) is 5.03. The van der Waals surface area contributed by atoms with Gasteiger partial charge in [0.25, 0.3) is 5.56 Å². The third kappa shape index (κ3) is 2.77. The first-order valence-electron chi connectivity index (χ1n) is 6.56. The number of carbonyl (C=O) groups is 1. The molecule has 1 aromatic heterocycles. The van der Waals surface area contributed by atoms with Crippen molar-refractivity contribution in [3.63, 3.8) is 0 Å². The molecule has 0 radical (unpaired) electrons. The number of rotatable bonds is 4. The van der Waals surface area contributed by atoms with Gasteiger partial charge in [0.1, 0.15) is 17.2 Å². The number of H-pyrrole nitrogens is 1. The lowest BCUT2D eigenvalue weighted by Gasteiger charge is -2.26. The zero-order valence-electron chi connectivity index (χ0n) is 11.2. The molecule has 6 heteroatoms. The van der Waals surface area contributed by atoms with E-state index >= 15 is 0 Å². The molecule has 1 aliphatic rings.